The van der Waals surface area contributed by atoms with E-state index < -0.39 is 33.1 Å². The average Bonchev–Trinajstić information content (AvgIpc) is 2.96. The number of pyridine rings is 1. The van der Waals surface area contributed by atoms with E-state index in [1.165, 1.54) is 24.4 Å². The van der Waals surface area contributed by atoms with Gasteiger partial charge in [-0.25, -0.2) is 8.42 Å². The molecule has 1 aliphatic rings. The Kier molecular flexibility index (Phi) is 7.39. The number of fused-ring (bicyclic) bond motifs is 1. The van der Waals surface area contributed by atoms with Gasteiger partial charge in [-0.2, -0.15) is 13.2 Å². The number of hydrogen-bond acceptors (Lipinski definition) is 6. The maximum absolute atomic E-state index is 13.3. The summed E-state index contributed by atoms with van der Waals surface area (Å²) in [5, 5.41) is -0.0459. The molecule has 3 aromatic carbocycles. The normalized spacial score (nSPS) is 14.2. The molecule has 0 unspecified atom stereocenters. The van der Waals surface area contributed by atoms with E-state index in [2.05, 4.69) is 14.6 Å². The fraction of sp³-hybridized carbons (Fsp3) is 0.214. The number of rotatable bonds is 6. The third-order valence-corrected chi connectivity index (χ3v) is 8.21. The number of para-hydroxylation sites is 2. The van der Waals surface area contributed by atoms with E-state index in [0.717, 1.165) is 23.9 Å². The summed E-state index contributed by atoms with van der Waals surface area (Å²) in [6.07, 6.45) is -3.35. The van der Waals surface area contributed by atoms with E-state index in [1.54, 1.807) is 12.0 Å². The maximum atomic E-state index is 13.3. The molecule has 214 valence electrons. The predicted molar refractivity (Wildman–Crippen MR) is 148 cm³/mol. The Hall–Kier alpha value is -4.52. The van der Waals surface area contributed by atoms with E-state index in [-0.39, 0.29) is 21.5 Å². The number of benzene rings is 3. The van der Waals surface area contributed by atoms with Gasteiger partial charge in [0.25, 0.3) is 15.9 Å². The van der Waals surface area contributed by atoms with Gasteiger partial charge in [-0.1, -0.05) is 18.2 Å². The molecule has 1 saturated heterocycles. The van der Waals surface area contributed by atoms with Crippen molar-refractivity contribution in [1.29, 1.82) is 0 Å². The standard InChI is InChI=1S/C28H25F3N4O5S/c1-40-25-8-3-2-7-24(25)34-11-13-35(14-12-34)27(37)22-17-32-23-10-9-20(16-21(23)26(22)36)41(38,39)33-19-6-4-5-18(15-19)28(29,30)31/h2-10,15-17,33H,11-14H2,1H3,(H,32,36). The third kappa shape index (κ3) is 5.71. The summed E-state index contributed by atoms with van der Waals surface area (Å²) in [5.74, 6) is 0.217. The molecular formula is C28H25F3N4O5S. The fourth-order valence-electron chi connectivity index (χ4n) is 4.71. The zero-order chi connectivity index (χ0) is 29.4. The van der Waals surface area contributed by atoms with Gasteiger partial charge in [0, 0.05) is 49.0 Å². The Morgan fingerprint density at radius 1 is 0.976 bits per heavy atom. The number of hydrogen-bond donors (Lipinski definition) is 2. The number of aromatic amines is 1. The summed E-state index contributed by atoms with van der Waals surface area (Å²) in [6, 6.07) is 15.0. The molecule has 2 N–H and O–H groups in total. The van der Waals surface area contributed by atoms with Crippen molar-refractivity contribution < 1.29 is 31.1 Å². The van der Waals surface area contributed by atoms with Gasteiger partial charge >= 0.3 is 6.18 Å². The number of alkyl halides is 3. The predicted octanol–water partition coefficient (Wildman–Crippen LogP) is 4.32. The first-order valence-corrected chi connectivity index (χ1v) is 14.0. The van der Waals surface area contributed by atoms with Crippen molar-refractivity contribution in [3.8, 4) is 5.75 Å². The summed E-state index contributed by atoms with van der Waals surface area (Å²) in [6.45, 7) is 1.73. The largest absolute Gasteiger partial charge is 0.495 e. The van der Waals surface area contributed by atoms with Crippen molar-refractivity contribution in [2.75, 3.05) is 42.9 Å². The molecule has 0 saturated carbocycles. The molecule has 1 aromatic heterocycles. The monoisotopic (exact) mass is 586 g/mol. The number of piperazine rings is 1. The highest BCUT2D eigenvalue weighted by atomic mass is 32.2. The van der Waals surface area contributed by atoms with Crippen molar-refractivity contribution in [2.24, 2.45) is 0 Å². The first-order chi connectivity index (χ1) is 19.5. The van der Waals surface area contributed by atoms with Crippen LogP contribution in [-0.4, -0.2) is 57.5 Å². The van der Waals surface area contributed by atoms with Crippen molar-refractivity contribution >= 4 is 38.2 Å². The quantitative estimate of drug-likeness (QED) is 0.348. The fourth-order valence-corrected chi connectivity index (χ4v) is 5.78. The van der Waals surface area contributed by atoms with Crippen molar-refractivity contribution in [2.45, 2.75) is 11.1 Å². The maximum Gasteiger partial charge on any atom is 0.416 e. The van der Waals surface area contributed by atoms with Gasteiger partial charge in [0.05, 0.1) is 23.3 Å². The summed E-state index contributed by atoms with van der Waals surface area (Å²) in [7, 11) is -2.77. The molecule has 2 heterocycles. The minimum atomic E-state index is -4.65. The molecule has 13 heteroatoms. The van der Waals surface area contributed by atoms with E-state index >= 15 is 0 Å². The summed E-state index contributed by atoms with van der Waals surface area (Å²) >= 11 is 0. The molecule has 9 nitrogen and oxygen atoms in total. The topological polar surface area (TPSA) is 112 Å². The van der Waals surface area contributed by atoms with Gasteiger partial charge in [-0.05, 0) is 48.5 Å². The lowest BCUT2D eigenvalue weighted by Gasteiger charge is -2.36. The van der Waals surface area contributed by atoms with Gasteiger partial charge in [-0.15, -0.1) is 0 Å². The van der Waals surface area contributed by atoms with E-state index in [9.17, 15) is 31.2 Å². The molecule has 1 amide bonds. The van der Waals surface area contributed by atoms with Gasteiger partial charge < -0.3 is 19.5 Å². The molecule has 0 bridgehead atoms. The Labute approximate surface area is 233 Å². The minimum absolute atomic E-state index is 0.0459. The van der Waals surface area contributed by atoms with Gasteiger partial charge in [0.2, 0.25) is 5.43 Å². The number of amides is 1. The number of nitrogens with one attached hydrogen (secondary N) is 2. The molecule has 5 rings (SSSR count). The Morgan fingerprint density at radius 2 is 1.71 bits per heavy atom. The highest BCUT2D eigenvalue weighted by Gasteiger charge is 2.31. The van der Waals surface area contributed by atoms with Gasteiger partial charge in [0.1, 0.15) is 11.3 Å². The van der Waals surface area contributed by atoms with Crippen LogP contribution in [0.25, 0.3) is 10.9 Å². The first kappa shape index (κ1) is 28.0. The first-order valence-electron chi connectivity index (χ1n) is 12.5. The van der Waals surface area contributed by atoms with Crippen LogP contribution >= 0.6 is 0 Å². The minimum Gasteiger partial charge on any atom is -0.495 e. The number of methoxy groups -OCH3 is 1. The lowest BCUT2D eigenvalue weighted by atomic mass is 10.1. The second-order valence-corrected chi connectivity index (χ2v) is 11.1. The lowest BCUT2D eigenvalue weighted by molar-refractivity contribution is -0.137. The summed E-state index contributed by atoms with van der Waals surface area (Å²) in [5.41, 5.74) is -0.913. The summed E-state index contributed by atoms with van der Waals surface area (Å²) in [4.78, 5) is 32.8. The van der Waals surface area contributed by atoms with Crippen LogP contribution in [0, 0.1) is 0 Å². The number of sulfonamides is 1. The zero-order valence-electron chi connectivity index (χ0n) is 21.7. The molecule has 0 atom stereocenters. The SMILES string of the molecule is COc1ccccc1N1CCN(C(=O)c2c[nH]c3ccc(S(=O)(=O)Nc4cccc(C(F)(F)F)c4)cc3c2=O)CC1. The van der Waals surface area contributed by atoms with Crippen LogP contribution in [-0.2, 0) is 16.2 Å². The lowest BCUT2D eigenvalue weighted by Crippen LogP contribution is -2.49. The van der Waals surface area contributed by atoms with E-state index in [1.807, 2.05) is 24.3 Å². The summed E-state index contributed by atoms with van der Waals surface area (Å²) < 4.78 is 72.7. The molecule has 1 aliphatic heterocycles. The molecule has 41 heavy (non-hydrogen) atoms. The Bertz CT molecular complexity index is 1780. The van der Waals surface area contributed by atoms with Crippen molar-refractivity contribution in [3.63, 3.8) is 0 Å². The molecule has 0 radical (unpaired) electrons. The highest BCUT2D eigenvalue weighted by Crippen LogP contribution is 2.31. The molecule has 0 spiro atoms. The number of nitrogens with zero attached hydrogens (tertiary/aromatic N) is 2. The van der Waals surface area contributed by atoms with Crippen LogP contribution in [0.15, 0.2) is 82.6 Å². The number of ether oxygens (including phenoxy) is 1. The number of aromatic nitrogens is 1. The zero-order valence-corrected chi connectivity index (χ0v) is 22.6. The number of anilines is 2. The molecule has 1 fully saturated rings. The van der Waals surface area contributed by atoms with E-state index in [0.29, 0.717) is 43.5 Å². The van der Waals surface area contributed by atoms with Crippen LogP contribution in [0.5, 0.6) is 5.75 Å². The molecular weight excluding hydrogens is 561 g/mol. The van der Waals surface area contributed by atoms with Crippen molar-refractivity contribution in [3.05, 3.63) is 94.3 Å². The number of halogens is 3. The second kappa shape index (κ2) is 10.8. The smallest absolute Gasteiger partial charge is 0.416 e. The van der Waals surface area contributed by atoms with Crippen LogP contribution in [0.1, 0.15) is 15.9 Å². The number of carbonyl (C=O) groups is 1. The Balaban J connectivity index is 1.37. The van der Waals surface area contributed by atoms with Crippen LogP contribution in [0.2, 0.25) is 0 Å². The van der Waals surface area contributed by atoms with Gasteiger partial charge in [0.15, 0.2) is 0 Å². The highest BCUT2D eigenvalue weighted by molar-refractivity contribution is 7.92. The van der Waals surface area contributed by atoms with Crippen LogP contribution in [0.4, 0.5) is 24.5 Å². The van der Waals surface area contributed by atoms with E-state index in [4.69, 9.17) is 4.74 Å². The van der Waals surface area contributed by atoms with Crippen LogP contribution < -0.4 is 19.8 Å². The van der Waals surface area contributed by atoms with Crippen LogP contribution in [0.3, 0.4) is 0 Å². The van der Waals surface area contributed by atoms with Crippen molar-refractivity contribution in [1.82, 2.24) is 9.88 Å². The Morgan fingerprint density at radius 3 is 2.41 bits per heavy atom. The number of carbonyl (C=O) groups excluding carboxylic acids is 1. The molecule has 0 aliphatic carbocycles. The second-order valence-electron chi connectivity index (χ2n) is 9.37. The number of H-pyrrole nitrogens is 1. The van der Waals surface area contributed by atoms with Gasteiger partial charge in [-0.3, -0.25) is 14.3 Å². The average molecular weight is 587 g/mol. The third-order valence-electron chi connectivity index (χ3n) is 6.83. The molecule has 4 aromatic rings.